The smallest absolute Gasteiger partial charge is 0.313 e. The molecule has 0 saturated carbocycles. The van der Waals surface area contributed by atoms with Gasteiger partial charge in [0.1, 0.15) is 0 Å². The zero-order chi connectivity index (χ0) is 19.1. The fourth-order valence-corrected chi connectivity index (χ4v) is 3.28. The summed E-state index contributed by atoms with van der Waals surface area (Å²) < 4.78 is 5.27. The first kappa shape index (κ1) is 19.3. The summed E-state index contributed by atoms with van der Waals surface area (Å²) in [7, 11) is 0. The maximum Gasteiger partial charge on any atom is 0.313 e. The molecule has 0 radical (unpaired) electrons. The second kappa shape index (κ2) is 9.48. The highest BCUT2D eigenvalue weighted by molar-refractivity contribution is 6.40. The summed E-state index contributed by atoms with van der Waals surface area (Å²) in [6, 6.07) is 6.79. The van der Waals surface area contributed by atoms with Crippen LogP contribution in [-0.2, 0) is 14.3 Å². The lowest BCUT2D eigenvalue weighted by Gasteiger charge is -2.26. The Hall–Kier alpha value is -2.45. The van der Waals surface area contributed by atoms with Crippen LogP contribution in [-0.4, -0.2) is 80.0 Å². The summed E-state index contributed by atoms with van der Waals surface area (Å²) >= 11 is 0. The van der Waals surface area contributed by atoms with E-state index >= 15 is 0 Å². The van der Waals surface area contributed by atoms with Crippen molar-refractivity contribution in [2.75, 3.05) is 57.8 Å². The van der Waals surface area contributed by atoms with Crippen LogP contribution in [0.4, 0.5) is 5.69 Å². The molecule has 27 heavy (non-hydrogen) atoms. The van der Waals surface area contributed by atoms with Gasteiger partial charge in [0.15, 0.2) is 0 Å². The van der Waals surface area contributed by atoms with Crippen LogP contribution in [0.5, 0.6) is 0 Å². The number of carbonyl (C=O) groups is 3. The highest BCUT2D eigenvalue weighted by Gasteiger charge is 2.23. The lowest BCUT2D eigenvalue weighted by atomic mass is 10.1. The van der Waals surface area contributed by atoms with Crippen molar-refractivity contribution in [1.82, 2.24) is 15.1 Å². The number of benzene rings is 1. The van der Waals surface area contributed by atoms with Gasteiger partial charge in [-0.05, 0) is 25.0 Å². The van der Waals surface area contributed by atoms with Crippen molar-refractivity contribution >= 4 is 23.4 Å². The fraction of sp³-hybridized carbons (Fsp3) is 0.526. The van der Waals surface area contributed by atoms with Crippen LogP contribution in [0.25, 0.3) is 0 Å². The largest absolute Gasteiger partial charge is 0.379 e. The van der Waals surface area contributed by atoms with Gasteiger partial charge in [-0.3, -0.25) is 19.3 Å². The van der Waals surface area contributed by atoms with Crippen LogP contribution in [0.15, 0.2) is 24.3 Å². The maximum absolute atomic E-state index is 12.6. The number of hydrogen-bond donors (Lipinski definition) is 2. The molecule has 2 aliphatic heterocycles. The number of rotatable bonds is 5. The number of amides is 3. The summed E-state index contributed by atoms with van der Waals surface area (Å²) in [5.41, 5.74) is 0.775. The molecule has 8 nitrogen and oxygen atoms in total. The van der Waals surface area contributed by atoms with E-state index in [9.17, 15) is 14.4 Å². The number of ether oxygens (including phenoxy) is 1. The first-order valence-electron chi connectivity index (χ1n) is 9.43. The number of carbonyl (C=O) groups excluding carboxylic acids is 3. The molecular weight excluding hydrogens is 348 g/mol. The molecule has 0 spiro atoms. The Labute approximate surface area is 158 Å². The molecule has 2 fully saturated rings. The fourth-order valence-electron chi connectivity index (χ4n) is 3.28. The average molecular weight is 374 g/mol. The van der Waals surface area contributed by atoms with E-state index in [0.717, 1.165) is 39.0 Å². The van der Waals surface area contributed by atoms with Crippen LogP contribution >= 0.6 is 0 Å². The van der Waals surface area contributed by atoms with Crippen LogP contribution < -0.4 is 10.6 Å². The summed E-state index contributed by atoms with van der Waals surface area (Å²) in [6.07, 6.45) is 1.98. The highest BCUT2D eigenvalue weighted by Crippen LogP contribution is 2.20. The summed E-state index contributed by atoms with van der Waals surface area (Å²) in [6.45, 7) is 5.55. The predicted molar refractivity (Wildman–Crippen MR) is 100 cm³/mol. The molecule has 1 aromatic rings. The molecular formula is C19H26N4O4. The van der Waals surface area contributed by atoms with E-state index in [4.69, 9.17) is 4.74 Å². The molecule has 2 aliphatic rings. The van der Waals surface area contributed by atoms with Gasteiger partial charge in [-0.25, -0.2) is 0 Å². The van der Waals surface area contributed by atoms with Gasteiger partial charge in [-0.2, -0.15) is 0 Å². The molecule has 3 amide bonds. The lowest BCUT2D eigenvalue weighted by molar-refractivity contribution is -0.136. The molecule has 0 aromatic heterocycles. The molecule has 1 aromatic carbocycles. The van der Waals surface area contributed by atoms with Gasteiger partial charge in [-0.1, -0.05) is 12.1 Å². The van der Waals surface area contributed by atoms with Gasteiger partial charge >= 0.3 is 11.8 Å². The first-order valence-corrected chi connectivity index (χ1v) is 9.43. The van der Waals surface area contributed by atoms with Crippen molar-refractivity contribution in [3.8, 4) is 0 Å². The van der Waals surface area contributed by atoms with Gasteiger partial charge in [0, 0.05) is 39.3 Å². The minimum absolute atomic E-state index is 0.115. The molecule has 0 aliphatic carbocycles. The van der Waals surface area contributed by atoms with Crippen molar-refractivity contribution in [2.45, 2.75) is 12.8 Å². The SMILES string of the molecule is O=C(NCCN1CCOCC1)C(=O)Nc1ccccc1C(=O)N1CCCC1. The lowest BCUT2D eigenvalue weighted by Crippen LogP contribution is -2.43. The minimum atomic E-state index is -0.765. The molecule has 146 valence electrons. The zero-order valence-corrected chi connectivity index (χ0v) is 15.4. The molecule has 3 rings (SSSR count). The zero-order valence-electron chi connectivity index (χ0n) is 15.4. The van der Waals surface area contributed by atoms with E-state index in [1.807, 2.05) is 0 Å². The molecule has 0 bridgehead atoms. The number of morpholine rings is 1. The van der Waals surface area contributed by atoms with E-state index in [2.05, 4.69) is 15.5 Å². The number of nitrogens with one attached hydrogen (secondary N) is 2. The molecule has 2 N–H and O–H groups in total. The van der Waals surface area contributed by atoms with Crippen molar-refractivity contribution in [3.05, 3.63) is 29.8 Å². The van der Waals surface area contributed by atoms with Crippen molar-refractivity contribution in [2.24, 2.45) is 0 Å². The summed E-state index contributed by atoms with van der Waals surface area (Å²) in [5, 5.41) is 5.20. The molecule has 0 atom stereocenters. The normalized spacial score (nSPS) is 17.6. The quantitative estimate of drug-likeness (QED) is 0.724. The van der Waals surface area contributed by atoms with Crippen LogP contribution in [0.3, 0.4) is 0 Å². The predicted octanol–water partition coefficient (Wildman–Crippen LogP) is 0.310. The second-order valence-corrected chi connectivity index (χ2v) is 6.71. The van der Waals surface area contributed by atoms with Gasteiger partial charge in [0.2, 0.25) is 0 Å². The Morgan fingerprint density at radius 2 is 1.67 bits per heavy atom. The Morgan fingerprint density at radius 3 is 2.41 bits per heavy atom. The molecule has 8 heteroatoms. The van der Waals surface area contributed by atoms with E-state index in [-0.39, 0.29) is 5.91 Å². The third-order valence-corrected chi connectivity index (χ3v) is 4.82. The monoisotopic (exact) mass is 374 g/mol. The van der Waals surface area contributed by atoms with Gasteiger partial charge in [0.05, 0.1) is 24.5 Å². The maximum atomic E-state index is 12.6. The summed E-state index contributed by atoms with van der Waals surface area (Å²) in [4.78, 5) is 40.8. The van der Waals surface area contributed by atoms with E-state index < -0.39 is 11.8 Å². The van der Waals surface area contributed by atoms with Gasteiger partial charge < -0.3 is 20.3 Å². The Bertz CT molecular complexity index is 682. The van der Waals surface area contributed by atoms with E-state index in [1.54, 1.807) is 29.2 Å². The molecule has 2 saturated heterocycles. The highest BCUT2D eigenvalue weighted by atomic mass is 16.5. The van der Waals surface area contributed by atoms with Gasteiger partial charge in [-0.15, -0.1) is 0 Å². The van der Waals surface area contributed by atoms with Gasteiger partial charge in [0.25, 0.3) is 5.91 Å². The van der Waals surface area contributed by atoms with E-state index in [0.29, 0.717) is 37.6 Å². The van der Waals surface area contributed by atoms with Crippen LogP contribution in [0, 0.1) is 0 Å². The Kier molecular flexibility index (Phi) is 6.78. The van der Waals surface area contributed by atoms with Crippen molar-refractivity contribution < 1.29 is 19.1 Å². The van der Waals surface area contributed by atoms with Crippen molar-refractivity contribution in [3.63, 3.8) is 0 Å². The number of likely N-dealkylation sites (tertiary alicyclic amines) is 1. The minimum Gasteiger partial charge on any atom is -0.379 e. The number of nitrogens with zero attached hydrogens (tertiary/aromatic N) is 2. The molecule has 0 unspecified atom stereocenters. The number of hydrogen-bond acceptors (Lipinski definition) is 5. The van der Waals surface area contributed by atoms with E-state index in [1.165, 1.54) is 0 Å². The standard InChI is InChI=1S/C19H26N4O4/c24-17(20-7-10-22-11-13-27-14-12-22)18(25)21-16-6-2-1-5-15(16)19(26)23-8-3-4-9-23/h1-2,5-6H,3-4,7-14H2,(H,20,24)(H,21,25). The molecule has 2 heterocycles. The Morgan fingerprint density at radius 1 is 0.963 bits per heavy atom. The second-order valence-electron chi connectivity index (χ2n) is 6.71. The van der Waals surface area contributed by atoms with Crippen molar-refractivity contribution in [1.29, 1.82) is 0 Å². The third kappa shape index (κ3) is 5.27. The Balaban J connectivity index is 1.52. The van der Waals surface area contributed by atoms with Crippen LogP contribution in [0.1, 0.15) is 23.2 Å². The van der Waals surface area contributed by atoms with Crippen LogP contribution in [0.2, 0.25) is 0 Å². The first-order chi connectivity index (χ1) is 13.1. The number of anilines is 1. The average Bonchev–Trinajstić information content (AvgIpc) is 3.23. The topological polar surface area (TPSA) is 91.0 Å². The number of para-hydroxylation sites is 1. The summed E-state index contributed by atoms with van der Waals surface area (Å²) in [5.74, 6) is -1.58. The third-order valence-electron chi connectivity index (χ3n) is 4.82.